The maximum Gasteiger partial charge on any atom is 0.488 e. The number of piperidine rings is 1. The molecular weight excluding hydrogens is 559 g/mol. The molecule has 41 heavy (non-hydrogen) atoms. The van der Waals surface area contributed by atoms with Crippen LogP contribution in [-0.2, 0) is 16.7 Å². The Morgan fingerprint density at radius 2 is 1.90 bits per heavy atom. The number of rotatable bonds is 6. The van der Waals surface area contributed by atoms with E-state index in [-0.39, 0.29) is 11.3 Å². The van der Waals surface area contributed by atoms with E-state index < -0.39 is 18.8 Å². The van der Waals surface area contributed by atoms with Gasteiger partial charge in [0.1, 0.15) is 11.4 Å². The molecule has 8 nitrogen and oxygen atoms in total. The molecule has 0 saturated carbocycles. The van der Waals surface area contributed by atoms with Crippen LogP contribution in [-0.4, -0.2) is 65.6 Å². The monoisotopic (exact) mass is 594 g/mol. The van der Waals surface area contributed by atoms with Gasteiger partial charge in [0, 0.05) is 36.2 Å². The van der Waals surface area contributed by atoms with Gasteiger partial charge >= 0.3 is 13.2 Å². The topological polar surface area (TPSA) is 108 Å². The largest absolute Gasteiger partial charge is 0.492 e. The van der Waals surface area contributed by atoms with Crippen LogP contribution in [0, 0.1) is 0 Å². The summed E-state index contributed by atoms with van der Waals surface area (Å²) in [5.74, 6) is 0.882. The van der Waals surface area contributed by atoms with E-state index in [9.17, 15) is 19.6 Å². The molecule has 3 aromatic rings. The fourth-order valence-corrected chi connectivity index (χ4v) is 7.30. The Bertz CT molecular complexity index is 1440. The molecule has 5 rings (SSSR count). The van der Waals surface area contributed by atoms with Crippen molar-refractivity contribution in [2.24, 2.45) is 0 Å². The van der Waals surface area contributed by atoms with Crippen LogP contribution in [0.5, 0.6) is 5.75 Å². The van der Waals surface area contributed by atoms with Crippen molar-refractivity contribution in [2.75, 3.05) is 26.0 Å². The molecule has 0 atom stereocenters. The number of hydrogen-bond acceptors (Lipinski definition) is 8. The molecule has 3 heterocycles. The molecular formula is C30H35BN2O6S2. The van der Waals surface area contributed by atoms with Crippen LogP contribution >= 0.6 is 23.1 Å². The van der Waals surface area contributed by atoms with Crippen molar-refractivity contribution in [1.29, 1.82) is 0 Å². The van der Waals surface area contributed by atoms with Gasteiger partial charge in [0.2, 0.25) is 0 Å². The first kappa shape index (κ1) is 29.5. The molecule has 2 aromatic carbocycles. The summed E-state index contributed by atoms with van der Waals surface area (Å²) in [6.45, 7) is 7.69. The highest BCUT2D eigenvalue weighted by molar-refractivity contribution is 8.00. The third-order valence-corrected chi connectivity index (χ3v) is 9.81. The number of likely N-dealkylation sites (tertiary alicyclic amines) is 1. The summed E-state index contributed by atoms with van der Waals surface area (Å²) >= 11 is 3.05. The molecule has 1 saturated heterocycles. The third kappa shape index (κ3) is 6.43. The zero-order valence-electron chi connectivity index (χ0n) is 23.7. The number of ether oxygens (including phenoxy) is 2. The summed E-state index contributed by atoms with van der Waals surface area (Å²) in [5.41, 5.74) is 3.59. The average molecular weight is 595 g/mol. The fraction of sp³-hybridized carbons (Fsp3) is 0.400. The SMILES string of the molecule is CSc1sc(C(=O)N2CCC3(CC2)COc2ccc(CNC(=O)OC(C)(C)C)cc23)cc1-c1cccc(B(O)O)c1. The number of amides is 2. The molecule has 2 aliphatic heterocycles. The number of nitrogens with one attached hydrogen (secondary N) is 1. The van der Waals surface area contributed by atoms with Gasteiger partial charge in [-0.05, 0) is 74.7 Å². The standard InChI is InChI=1S/C30H35BN2O6S2/c1-29(2,3)39-28(35)32-17-19-8-9-24-23(14-19)30(18-38-24)10-12-33(13-11-30)26(34)25-16-22(27(40-4)41-25)20-6-5-7-21(15-20)31(36)37/h5-9,14-16,36-37H,10-13,17-18H2,1-4H3,(H,32,35). The lowest BCUT2D eigenvalue weighted by molar-refractivity contribution is 0.0523. The molecule has 2 amide bonds. The average Bonchev–Trinajstić information content (AvgIpc) is 3.53. The second kappa shape index (κ2) is 11.7. The Hall–Kier alpha value is -2.99. The van der Waals surface area contributed by atoms with Gasteiger partial charge in [0.25, 0.3) is 5.91 Å². The molecule has 0 radical (unpaired) electrons. The Balaban J connectivity index is 1.27. The van der Waals surface area contributed by atoms with E-state index in [0.717, 1.165) is 45.1 Å². The fourth-order valence-electron chi connectivity index (χ4n) is 5.42. The highest BCUT2D eigenvalue weighted by Gasteiger charge is 2.44. The normalized spacial score (nSPS) is 15.8. The van der Waals surface area contributed by atoms with Crippen molar-refractivity contribution < 1.29 is 29.1 Å². The van der Waals surface area contributed by atoms with Crippen LogP contribution in [0.4, 0.5) is 4.79 Å². The van der Waals surface area contributed by atoms with Crippen molar-refractivity contribution in [3.8, 4) is 16.9 Å². The molecule has 0 unspecified atom stereocenters. The molecule has 1 fully saturated rings. The molecule has 216 valence electrons. The van der Waals surface area contributed by atoms with Gasteiger partial charge in [0.05, 0.1) is 15.7 Å². The summed E-state index contributed by atoms with van der Waals surface area (Å²) in [6, 6.07) is 15.1. The maximum atomic E-state index is 13.6. The van der Waals surface area contributed by atoms with E-state index in [2.05, 4.69) is 11.4 Å². The highest BCUT2D eigenvalue weighted by Crippen LogP contribution is 2.46. The van der Waals surface area contributed by atoms with Crippen molar-refractivity contribution in [3.63, 3.8) is 0 Å². The number of hydrogen-bond donors (Lipinski definition) is 3. The Labute approximate surface area is 249 Å². The second-order valence-corrected chi connectivity index (χ2v) is 13.7. The van der Waals surface area contributed by atoms with Crippen molar-refractivity contribution in [3.05, 3.63) is 64.5 Å². The Kier molecular flexibility index (Phi) is 8.43. The van der Waals surface area contributed by atoms with Gasteiger partial charge in [-0.2, -0.15) is 0 Å². The van der Waals surface area contributed by atoms with Crippen LogP contribution in [0.15, 0.2) is 52.7 Å². The zero-order valence-corrected chi connectivity index (χ0v) is 25.4. The summed E-state index contributed by atoms with van der Waals surface area (Å²) in [7, 11) is -1.55. The van der Waals surface area contributed by atoms with Gasteiger partial charge in [-0.25, -0.2) is 4.79 Å². The third-order valence-electron chi connectivity index (χ3n) is 7.55. The van der Waals surface area contributed by atoms with E-state index in [1.807, 2.05) is 56.2 Å². The number of thioether (sulfide) groups is 1. The molecule has 11 heteroatoms. The first-order valence-electron chi connectivity index (χ1n) is 13.6. The van der Waals surface area contributed by atoms with E-state index in [1.54, 1.807) is 30.0 Å². The summed E-state index contributed by atoms with van der Waals surface area (Å²) in [6.07, 6.45) is 3.11. The van der Waals surface area contributed by atoms with Crippen LogP contribution in [0.3, 0.4) is 0 Å². The number of alkyl carbamates (subject to hydrolysis) is 1. The van der Waals surface area contributed by atoms with Crippen LogP contribution in [0.1, 0.15) is 54.4 Å². The van der Waals surface area contributed by atoms with Gasteiger partial charge in [0.15, 0.2) is 0 Å². The minimum absolute atomic E-state index is 0.0131. The van der Waals surface area contributed by atoms with Crippen LogP contribution in [0.2, 0.25) is 0 Å². The quantitative estimate of drug-likeness (QED) is 0.287. The molecule has 0 bridgehead atoms. The first-order chi connectivity index (χ1) is 19.5. The highest BCUT2D eigenvalue weighted by atomic mass is 32.2. The Morgan fingerprint density at radius 1 is 1.15 bits per heavy atom. The van der Waals surface area contributed by atoms with E-state index >= 15 is 0 Å². The number of carbonyl (C=O) groups is 2. The summed E-state index contributed by atoms with van der Waals surface area (Å²) in [5, 5.41) is 22.0. The lowest BCUT2D eigenvalue weighted by atomic mass is 9.74. The zero-order chi connectivity index (χ0) is 29.4. The van der Waals surface area contributed by atoms with E-state index in [4.69, 9.17) is 9.47 Å². The molecule has 2 aliphatic rings. The predicted octanol–water partition coefficient (Wildman–Crippen LogP) is 4.41. The van der Waals surface area contributed by atoms with Crippen LogP contribution < -0.4 is 15.5 Å². The number of carbonyl (C=O) groups excluding carboxylic acids is 2. The van der Waals surface area contributed by atoms with Crippen LogP contribution in [0.25, 0.3) is 11.1 Å². The lowest BCUT2D eigenvalue weighted by Gasteiger charge is -2.38. The van der Waals surface area contributed by atoms with Gasteiger partial charge in [-0.15, -0.1) is 23.1 Å². The molecule has 1 spiro atoms. The molecule has 3 N–H and O–H groups in total. The predicted molar refractivity (Wildman–Crippen MR) is 163 cm³/mol. The number of fused-ring (bicyclic) bond motifs is 2. The Morgan fingerprint density at radius 3 is 2.59 bits per heavy atom. The maximum absolute atomic E-state index is 13.6. The van der Waals surface area contributed by atoms with Crippen molar-refractivity contribution in [2.45, 2.75) is 55.4 Å². The van der Waals surface area contributed by atoms with E-state index in [1.165, 1.54) is 11.3 Å². The summed E-state index contributed by atoms with van der Waals surface area (Å²) < 4.78 is 12.4. The first-order valence-corrected chi connectivity index (χ1v) is 15.7. The van der Waals surface area contributed by atoms with Gasteiger partial charge in [-0.1, -0.05) is 30.3 Å². The minimum atomic E-state index is -1.55. The smallest absolute Gasteiger partial charge is 0.488 e. The van der Waals surface area contributed by atoms with Gasteiger partial charge in [-0.3, -0.25) is 4.79 Å². The minimum Gasteiger partial charge on any atom is -0.492 e. The van der Waals surface area contributed by atoms with E-state index in [0.29, 0.717) is 36.6 Å². The van der Waals surface area contributed by atoms with Gasteiger partial charge < -0.3 is 29.7 Å². The second-order valence-electron chi connectivity index (χ2n) is 11.6. The molecule has 1 aromatic heterocycles. The van der Waals surface area contributed by atoms with Crippen molar-refractivity contribution >= 4 is 47.7 Å². The number of nitrogens with zero attached hydrogens (tertiary/aromatic N) is 1. The number of thiophene rings is 1. The molecule has 0 aliphatic carbocycles. The number of benzene rings is 2. The van der Waals surface area contributed by atoms with Crippen molar-refractivity contribution in [1.82, 2.24) is 10.2 Å². The lowest BCUT2D eigenvalue weighted by Crippen LogP contribution is -2.45. The summed E-state index contributed by atoms with van der Waals surface area (Å²) in [4.78, 5) is 28.3.